The number of hydrogen-bond donors (Lipinski definition) is 2. The number of nitrogens with one attached hydrogen (secondary N) is 2. The summed E-state index contributed by atoms with van der Waals surface area (Å²) in [5, 5.41) is 2.95. The second-order valence-corrected chi connectivity index (χ2v) is 6.93. The topological polar surface area (TPSA) is 79.8 Å². The van der Waals surface area contributed by atoms with Gasteiger partial charge >= 0.3 is 0 Å². The van der Waals surface area contributed by atoms with Crippen molar-refractivity contribution in [3.05, 3.63) is 63.3 Å². The summed E-state index contributed by atoms with van der Waals surface area (Å²) in [4.78, 5) is 32.7. The highest BCUT2D eigenvalue weighted by Gasteiger charge is 2.21. The molecule has 0 radical (unpaired) electrons. The summed E-state index contributed by atoms with van der Waals surface area (Å²) in [7, 11) is 0. The van der Waals surface area contributed by atoms with Crippen LogP contribution in [0.2, 0.25) is 0 Å². The van der Waals surface area contributed by atoms with Gasteiger partial charge in [-0.25, -0.2) is 4.98 Å². The van der Waals surface area contributed by atoms with E-state index in [4.69, 9.17) is 4.98 Å². The minimum absolute atomic E-state index is 0.0110. The Hall–Kier alpha value is -2.89. The molecule has 6 nitrogen and oxygen atoms in total. The smallest absolute Gasteiger partial charge is 0.243 e. The fraction of sp³-hybridized carbons (Fsp3) is 0.381. The van der Waals surface area contributed by atoms with Gasteiger partial charge in [0.1, 0.15) is 11.9 Å². The van der Waals surface area contributed by atoms with Crippen LogP contribution in [0.4, 0.5) is 0 Å². The molecule has 1 amide bonds. The normalized spacial score (nSPS) is 12.3. The van der Waals surface area contributed by atoms with Gasteiger partial charge in [-0.1, -0.05) is 19.1 Å². The first-order valence-corrected chi connectivity index (χ1v) is 9.35. The summed E-state index contributed by atoms with van der Waals surface area (Å²) in [6, 6.07) is 7.48. The largest absolute Gasteiger partial charge is 0.363 e. The molecule has 0 aliphatic heterocycles. The molecule has 0 unspecified atom stereocenters. The zero-order chi connectivity index (χ0) is 19.6. The summed E-state index contributed by atoms with van der Waals surface area (Å²) < 4.78 is 2.01. The maximum atomic E-state index is 12.8. The van der Waals surface area contributed by atoms with E-state index in [-0.39, 0.29) is 11.3 Å². The van der Waals surface area contributed by atoms with Gasteiger partial charge in [0.15, 0.2) is 5.43 Å². The van der Waals surface area contributed by atoms with E-state index in [1.807, 2.05) is 35.8 Å². The van der Waals surface area contributed by atoms with Gasteiger partial charge in [-0.2, -0.15) is 0 Å². The Morgan fingerprint density at radius 2 is 2.04 bits per heavy atom. The monoisotopic (exact) mass is 366 g/mol. The number of aromatic nitrogens is 3. The molecule has 3 aromatic rings. The number of aryl methyl sites for hydroxylation is 2. The fourth-order valence-electron chi connectivity index (χ4n) is 3.35. The van der Waals surface area contributed by atoms with Gasteiger partial charge in [-0.05, 0) is 39.3 Å². The number of H-pyrrole nitrogens is 1. The SMILES string of the molecule is CCCc1nc2ccccc2n1[C@@H](C)C(=O)NCc1[nH]cc(C)c(=O)c1C. The molecule has 0 saturated carbocycles. The number of carbonyl (C=O) groups excluding carboxylic acids is 1. The number of benzene rings is 1. The molecule has 2 heterocycles. The standard InChI is InChI=1S/C21H26N4O2/c1-5-8-19-24-16-9-6-7-10-18(16)25(19)15(4)21(27)23-12-17-14(3)20(26)13(2)11-22-17/h6-7,9-11,15H,5,8,12H2,1-4H3,(H,22,26)(H,23,27)/t15-/m0/s1. The maximum absolute atomic E-state index is 12.8. The summed E-state index contributed by atoms with van der Waals surface area (Å²) in [6.45, 7) is 7.83. The predicted octanol–water partition coefficient (Wildman–Crippen LogP) is 3.17. The van der Waals surface area contributed by atoms with E-state index >= 15 is 0 Å². The van der Waals surface area contributed by atoms with E-state index in [1.54, 1.807) is 20.0 Å². The first-order chi connectivity index (χ1) is 12.9. The molecule has 0 saturated heterocycles. The minimum Gasteiger partial charge on any atom is -0.363 e. The number of pyridine rings is 1. The van der Waals surface area contributed by atoms with Crippen LogP contribution in [0.25, 0.3) is 11.0 Å². The third-order valence-corrected chi connectivity index (χ3v) is 4.96. The molecule has 0 aliphatic carbocycles. The number of amides is 1. The summed E-state index contributed by atoms with van der Waals surface area (Å²) in [6.07, 6.45) is 3.46. The molecule has 6 heteroatoms. The Morgan fingerprint density at radius 1 is 1.30 bits per heavy atom. The molecule has 0 fully saturated rings. The third kappa shape index (κ3) is 3.65. The molecule has 142 valence electrons. The van der Waals surface area contributed by atoms with Crippen LogP contribution in [0.5, 0.6) is 0 Å². The number of imidazole rings is 1. The van der Waals surface area contributed by atoms with E-state index in [9.17, 15) is 9.59 Å². The summed E-state index contributed by atoms with van der Waals surface area (Å²) in [5.74, 6) is 0.817. The Balaban J connectivity index is 1.84. The Kier molecular flexibility index (Phi) is 5.44. The zero-order valence-electron chi connectivity index (χ0n) is 16.3. The number of fused-ring (bicyclic) bond motifs is 1. The van der Waals surface area contributed by atoms with E-state index in [2.05, 4.69) is 17.2 Å². The first kappa shape index (κ1) is 18.9. The van der Waals surface area contributed by atoms with Crippen LogP contribution in [0, 0.1) is 13.8 Å². The number of carbonyl (C=O) groups is 1. The molecule has 0 spiro atoms. The maximum Gasteiger partial charge on any atom is 0.243 e. The molecule has 0 aliphatic rings. The lowest BCUT2D eigenvalue weighted by Crippen LogP contribution is -2.32. The van der Waals surface area contributed by atoms with Crippen molar-refractivity contribution in [1.29, 1.82) is 0 Å². The second-order valence-electron chi connectivity index (χ2n) is 6.93. The highest BCUT2D eigenvalue weighted by atomic mass is 16.2. The Morgan fingerprint density at radius 3 is 2.78 bits per heavy atom. The van der Waals surface area contributed by atoms with Crippen LogP contribution >= 0.6 is 0 Å². The lowest BCUT2D eigenvalue weighted by molar-refractivity contribution is -0.124. The van der Waals surface area contributed by atoms with Gasteiger partial charge in [0.2, 0.25) is 5.91 Å². The van der Waals surface area contributed by atoms with Crippen molar-refractivity contribution in [3.63, 3.8) is 0 Å². The van der Waals surface area contributed by atoms with Gasteiger partial charge in [0.25, 0.3) is 0 Å². The van der Waals surface area contributed by atoms with Crippen molar-refractivity contribution in [2.24, 2.45) is 0 Å². The van der Waals surface area contributed by atoms with E-state index in [0.29, 0.717) is 17.7 Å². The van der Waals surface area contributed by atoms with Crippen LogP contribution in [0.3, 0.4) is 0 Å². The minimum atomic E-state index is -0.392. The van der Waals surface area contributed by atoms with Gasteiger partial charge < -0.3 is 14.9 Å². The average molecular weight is 366 g/mol. The van der Waals surface area contributed by atoms with Crippen molar-refractivity contribution in [2.45, 2.75) is 53.1 Å². The van der Waals surface area contributed by atoms with Crippen molar-refractivity contribution in [1.82, 2.24) is 19.9 Å². The van der Waals surface area contributed by atoms with Crippen molar-refractivity contribution in [2.75, 3.05) is 0 Å². The molecule has 3 rings (SSSR count). The Bertz CT molecular complexity index is 1030. The first-order valence-electron chi connectivity index (χ1n) is 9.35. The molecule has 1 aromatic carbocycles. The number of rotatable bonds is 6. The Labute approximate surface area is 158 Å². The molecular formula is C21H26N4O2. The van der Waals surface area contributed by atoms with E-state index < -0.39 is 6.04 Å². The quantitative estimate of drug-likeness (QED) is 0.703. The third-order valence-electron chi connectivity index (χ3n) is 4.96. The highest BCUT2D eigenvalue weighted by molar-refractivity contribution is 5.84. The number of aromatic amines is 1. The number of nitrogens with zero attached hydrogens (tertiary/aromatic N) is 2. The van der Waals surface area contributed by atoms with Crippen molar-refractivity contribution >= 4 is 16.9 Å². The van der Waals surface area contributed by atoms with Crippen molar-refractivity contribution in [3.8, 4) is 0 Å². The molecular weight excluding hydrogens is 340 g/mol. The zero-order valence-corrected chi connectivity index (χ0v) is 16.3. The van der Waals surface area contributed by atoms with Gasteiger partial charge in [-0.15, -0.1) is 0 Å². The van der Waals surface area contributed by atoms with E-state index in [0.717, 1.165) is 35.4 Å². The fourth-order valence-corrected chi connectivity index (χ4v) is 3.35. The van der Waals surface area contributed by atoms with E-state index in [1.165, 1.54) is 0 Å². The lowest BCUT2D eigenvalue weighted by atomic mass is 10.1. The molecule has 27 heavy (non-hydrogen) atoms. The van der Waals surface area contributed by atoms with Crippen LogP contribution < -0.4 is 10.7 Å². The van der Waals surface area contributed by atoms with Crippen LogP contribution in [-0.4, -0.2) is 20.4 Å². The number of hydrogen-bond acceptors (Lipinski definition) is 3. The molecule has 2 aromatic heterocycles. The van der Waals surface area contributed by atoms with Gasteiger partial charge in [0.05, 0.1) is 17.6 Å². The predicted molar refractivity (Wildman–Crippen MR) is 107 cm³/mol. The molecule has 1 atom stereocenters. The summed E-state index contributed by atoms with van der Waals surface area (Å²) >= 11 is 0. The number of para-hydroxylation sites is 2. The second kappa shape index (κ2) is 7.78. The van der Waals surface area contributed by atoms with Gasteiger partial charge in [0, 0.05) is 29.4 Å². The molecule has 0 bridgehead atoms. The average Bonchev–Trinajstić information content (AvgIpc) is 3.03. The molecule has 2 N–H and O–H groups in total. The summed E-state index contributed by atoms with van der Waals surface area (Å²) in [5.41, 5.74) is 3.92. The van der Waals surface area contributed by atoms with Crippen LogP contribution in [0.1, 0.15) is 49.0 Å². The highest BCUT2D eigenvalue weighted by Crippen LogP contribution is 2.22. The van der Waals surface area contributed by atoms with Crippen molar-refractivity contribution < 1.29 is 4.79 Å². The van der Waals surface area contributed by atoms with Crippen LogP contribution in [0.15, 0.2) is 35.3 Å². The lowest BCUT2D eigenvalue weighted by Gasteiger charge is -2.18. The van der Waals surface area contributed by atoms with Gasteiger partial charge in [-0.3, -0.25) is 9.59 Å². The van der Waals surface area contributed by atoms with Crippen LogP contribution in [-0.2, 0) is 17.8 Å².